The van der Waals surface area contributed by atoms with Gasteiger partial charge in [-0.1, -0.05) is 42.5 Å². The number of carboxylic acid groups (broad SMARTS) is 1. The van der Waals surface area contributed by atoms with E-state index in [2.05, 4.69) is 24.3 Å². The molecule has 1 amide bonds. The molecule has 4 atom stereocenters. The number of benzene rings is 1. The summed E-state index contributed by atoms with van der Waals surface area (Å²) in [6.07, 6.45) is 5.77. The maximum Gasteiger partial charge on any atom is 0.310 e. The average Bonchev–Trinajstić information content (AvgIpc) is 3.24. The summed E-state index contributed by atoms with van der Waals surface area (Å²) >= 11 is 0. The number of nitrogens with zero attached hydrogens (tertiary/aromatic N) is 1. The minimum Gasteiger partial charge on any atom is -0.481 e. The minimum absolute atomic E-state index is 0.0533. The highest BCUT2D eigenvalue weighted by molar-refractivity contribution is 5.87. The third-order valence-corrected chi connectivity index (χ3v) is 5.76. The van der Waals surface area contributed by atoms with Crippen molar-refractivity contribution in [2.45, 2.75) is 31.5 Å². The summed E-state index contributed by atoms with van der Waals surface area (Å²) in [5.41, 5.74) is 1.34. The fourth-order valence-electron chi connectivity index (χ4n) is 4.41. The van der Waals surface area contributed by atoms with E-state index < -0.39 is 23.9 Å². The van der Waals surface area contributed by atoms with E-state index in [1.165, 1.54) is 5.56 Å². The third kappa shape index (κ3) is 3.09. The molecular weight excluding hydrogens is 318 g/mol. The van der Waals surface area contributed by atoms with Gasteiger partial charge in [0.1, 0.15) is 5.92 Å². The summed E-state index contributed by atoms with van der Waals surface area (Å²) in [4.78, 5) is 26.3. The van der Waals surface area contributed by atoms with Gasteiger partial charge in [0.15, 0.2) is 0 Å². The summed E-state index contributed by atoms with van der Waals surface area (Å²) in [6, 6.07) is 10.4. The van der Waals surface area contributed by atoms with Crippen molar-refractivity contribution in [3.05, 3.63) is 48.0 Å². The number of aliphatic carboxylic acids is 1. The smallest absolute Gasteiger partial charge is 0.310 e. The molecule has 3 aliphatic heterocycles. The molecule has 1 aromatic rings. The minimum atomic E-state index is -0.936. The van der Waals surface area contributed by atoms with Gasteiger partial charge in [0.25, 0.3) is 0 Å². The standard InChI is InChI=1S/C20H23NO4/c22-19(17-15-6-7-16(25-15)18(17)20(23)24)21-10-8-14(9-11-21)12-13-4-2-1-3-5-13/h1-7,14-18H,8-12H2,(H,23,24)/t15-,16-,17+,18+/m1/s1. The van der Waals surface area contributed by atoms with Crippen LogP contribution in [0.4, 0.5) is 0 Å². The summed E-state index contributed by atoms with van der Waals surface area (Å²) in [5, 5.41) is 9.47. The zero-order chi connectivity index (χ0) is 17.4. The molecule has 3 heterocycles. The lowest BCUT2D eigenvalue weighted by molar-refractivity contribution is -0.150. The number of piperidine rings is 1. The van der Waals surface area contributed by atoms with Crippen LogP contribution < -0.4 is 0 Å². The lowest BCUT2D eigenvalue weighted by Gasteiger charge is -2.35. The maximum atomic E-state index is 12.9. The van der Waals surface area contributed by atoms with Gasteiger partial charge in [-0.2, -0.15) is 0 Å². The maximum absolute atomic E-state index is 12.9. The van der Waals surface area contributed by atoms with Crippen LogP contribution in [0.2, 0.25) is 0 Å². The van der Waals surface area contributed by atoms with Crippen molar-refractivity contribution < 1.29 is 19.4 Å². The second-order valence-corrected chi connectivity index (χ2v) is 7.30. The number of likely N-dealkylation sites (tertiary alicyclic amines) is 1. The third-order valence-electron chi connectivity index (χ3n) is 5.76. The van der Waals surface area contributed by atoms with Crippen molar-refractivity contribution in [2.75, 3.05) is 13.1 Å². The molecule has 132 valence electrons. The Kier molecular flexibility index (Phi) is 4.34. The molecule has 3 aliphatic rings. The number of rotatable bonds is 4. The molecule has 0 aliphatic carbocycles. The van der Waals surface area contributed by atoms with Gasteiger partial charge < -0.3 is 14.7 Å². The van der Waals surface area contributed by atoms with Crippen molar-refractivity contribution >= 4 is 11.9 Å². The molecule has 0 aromatic heterocycles. The Balaban J connectivity index is 1.37. The second kappa shape index (κ2) is 6.64. The molecule has 0 spiro atoms. The van der Waals surface area contributed by atoms with Crippen LogP contribution in [0.15, 0.2) is 42.5 Å². The van der Waals surface area contributed by atoms with E-state index in [1.807, 2.05) is 17.0 Å². The molecule has 0 unspecified atom stereocenters. The number of hydrogen-bond donors (Lipinski definition) is 1. The Bertz CT molecular complexity index is 678. The quantitative estimate of drug-likeness (QED) is 0.852. The van der Waals surface area contributed by atoms with Crippen LogP contribution in [0.1, 0.15) is 18.4 Å². The van der Waals surface area contributed by atoms with Gasteiger partial charge in [0.05, 0.1) is 18.1 Å². The zero-order valence-electron chi connectivity index (χ0n) is 14.1. The highest BCUT2D eigenvalue weighted by Gasteiger charge is 2.54. The van der Waals surface area contributed by atoms with E-state index in [4.69, 9.17) is 4.74 Å². The van der Waals surface area contributed by atoms with Gasteiger partial charge in [-0.3, -0.25) is 9.59 Å². The fourth-order valence-corrected chi connectivity index (χ4v) is 4.41. The molecular formula is C20H23NO4. The molecule has 0 radical (unpaired) electrons. The fraction of sp³-hybridized carbons (Fsp3) is 0.500. The normalized spacial score (nSPS) is 31.4. The van der Waals surface area contributed by atoms with E-state index in [0.717, 1.165) is 19.3 Å². The van der Waals surface area contributed by atoms with Gasteiger partial charge in [-0.25, -0.2) is 0 Å². The average molecular weight is 341 g/mol. The topological polar surface area (TPSA) is 66.8 Å². The first-order valence-electron chi connectivity index (χ1n) is 9.03. The van der Waals surface area contributed by atoms with Crippen LogP contribution in [-0.4, -0.2) is 47.2 Å². The molecule has 1 N–H and O–H groups in total. The number of carbonyl (C=O) groups is 2. The van der Waals surface area contributed by atoms with Crippen molar-refractivity contribution in [1.29, 1.82) is 0 Å². The molecule has 2 fully saturated rings. The first-order valence-corrected chi connectivity index (χ1v) is 9.03. The monoisotopic (exact) mass is 341 g/mol. The molecule has 2 bridgehead atoms. The predicted molar refractivity (Wildman–Crippen MR) is 91.9 cm³/mol. The van der Waals surface area contributed by atoms with Crippen LogP contribution in [-0.2, 0) is 20.7 Å². The van der Waals surface area contributed by atoms with Crippen LogP contribution in [0.25, 0.3) is 0 Å². The van der Waals surface area contributed by atoms with Crippen LogP contribution in [0.5, 0.6) is 0 Å². The van der Waals surface area contributed by atoms with Crippen molar-refractivity contribution in [1.82, 2.24) is 4.90 Å². The molecule has 5 heteroatoms. The Morgan fingerprint density at radius 1 is 1.04 bits per heavy atom. The lowest BCUT2D eigenvalue weighted by atomic mass is 9.81. The number of carboxylic acids is 1. The predicted octanol–water partition coefficient (Wildman–Crippen LogP) is 2.12. The second-order valence-electron chi connectivity index (χ2n) is 7.30. The van der Waals surface area contributed by atoms with Gasteiger partial charge >= 0.3 is 5.97 Å². The zero-order valence-corrected chi connectivity index (χ0v) is 14.1. The van der Waals surface area contributed by atoms with E-state index in [-0.39, 0.29) is 12.0 Å². The van der Waals surface area contributed by atoms with Gasteiger partial charge in [0.2, 0.25) is 5.91 Å². The number of amides is 1. The number of ether oxygens (including phenoxy) is 1. The first-order chi connectivity index (χ1) is 12.1. The molecule has 0 saturated carbocycles. The first kappa shape index (κ1) is 16.3. The Morgan fingerprint density at radius 3 is 2.32 bits per heavy atom. The van der Waals surface area contributed by atoms with Crippen molar-refractivity contribution in [2.24, 2.45) is 17.8 Å². The van der Waals surface area contributed by atoms with Crippen molar-refractivity contribution in [3.63, 3.8) is 0 Å². The van der Waals surface area contributed by atoms with Gasteiger partial charge in [-0.15, -0.1) is 0 Å². The largest absolute Gasteiger partial charge is 0.481 e. The molecule has 4 rings (SSSR count). The molecule has 2 saturated heterocycles. The number of fused-ring (bicyclic) bond motifs is 2. The summed E-state index contributed by atoms with van der Waals surface area (Å²) in [5.74, 6) is -1.72. The van der Waals surface area contributed by atoms with Crippen LogP contribution >= 0.6 is 0 Å². The Hall–Kier alpha value is -2.14. The molecule has 5 nitrogen and oxygen atoms in total. The SMILES string of the molecule is O=C(O)[C@@H]1[C@@H](C(=O)N2CCC(Cc3ccccc3)CC2)[C@H]2C=C[C@H]1O2. The molecule has 1 aromatic carbocycles. The highest BCUT2D eigenvalue weighted by Crippen LogP contribution is 2.40. The Morgan fingerprint density at radius 2 is 1.68 bits per heavy atom. The van der Waals surface area contributed by atoms with Crippen LogP contribution in [0.3, 0.4) is 0 Å². The summed E-state index contributed by atoms with van der Waals surface area (Å²) in [6.45, 7) is 1.42. The molecule has 25 heavy (non-hydrogen) atoms. The lowest BCUT2D eigenvalue weighted by Crippen LogP contribution is -2.47. The summed E-state index contributed by atoms with van der Waals surface area (Å²) in [7, 11) is 0. The summed E-state index contributed by atoms with van der Waals surface area (Å²) < 4.78 is 5.63. The number of hydrogen-bond acceptors (Lipinski definition) is 3. The number of carbonyl (C=O) groups excluding carboxylic acids is 1. The van der Waals surface area contributed by atoms with Gasteiger partial charge in [-0.05, 0) is 30.7 Å². The highest BCUT2D eigenvalue weighted by atomic mass is 16.5. The van der Waals surface area contributed by atoms with E-state index >= 15 is 0 Å². The Labute approximate surface area is 147 Å². The van der Waals surface area contributed by atoms with Gasteiger partial charge in [0, 0.05) is 13.1 Å². The van der Waals surface area contributed by atoms with E-state index in [9.17, 15) is 14.7 Å². The van der Waals surface area contributed by atoms with E-state index in [1.54, 1.807) is 6.08 Å². The van der Waals surface area contributed by atoms with Crippen molar-refractivity contribution in [3.8, 4) is 0 Å². The van der Waals surface area contributed by atoms with Crippen LogP contribution in [0, 0.1) is 17.8 Å². The van der Waals surface area contributed by atoms with E-state index in [0.29, 0.717) is 19.0 Å².